The Bertz CT molecular complexity index is 599. The Hall–Kier alpha value is -1.15. The zero-order chi connectivity index (χ0) is 24.4. The fourth-order valence-electron chi connectivity index (χ4n) is 3.34. The number of unbranched alkanes of at least 4 members (excludes halogenated alkanes) is 8. The van der Waals surface area contributed by atoms with Crippen LogP contribution in [0.25, 0.3) is 0 Å². The van der Waals surface area contributed by atoms with Gasteiger partial charge in [0, 0.05) is 0 Å². The molecule has 8 heteroatoms. The van der Waals surface area contributed by atoms with Crippen molar-refractivity contribution in [1.29, 1.82) is 0 Å². The summed E-state index contributed by atoms with van der Waals surface area (Å²) in [6.07, 6.45) is 11.5. The van der Waals surface area contributed by atoms with E-state index in [1.165, 1.54) is 25.7 Å². The number of carbonyl (C=O) groups is 2. The molecule has 0 aromatic rings. The van der Waals surface area contributed by atoms with Gasteiger partial charge in [-0.25, -0.2) is 0 Å². The van der Waals surface area contributed by atoms with Crippen LogP contribution in [-0.2, 0) is 29.2 Å². The summed E-state index contributed by atoms with van der Waals surface area (Å²) < 4.78 is 42.4. The number of rotatable bonds is 20. The van der Waals surface area contributed by atoms with E-state index in [1.54, 1.807) is 0 Å². The van der Waals surface area contributed by atoms with Crippen LogP contribution in [-0.4, -0.2) is 43.4 Å². The van der Waals surface area contributed by atoms with Crippen molar-refractivity contribution in [2.75, 3.05) is 13.2 Å². The van der Waals surface area contributed by atoms with Gasteiger partial charge in [0.2, 0.25) is 0 Å². The highest BCUT2D eigenvalue weighted by Crippen LogP contribution is 2.13. The van der Waals surface area contributed by atoms with E-state index in [1.807, 2.05) is 0 Å². The molecule has 1 unspecified atom stereocenters. The summed E-state index contributed by atoms with van der Waals surface area (Å²) in [5, 5.41) is -1.93. The van der Waals surface area contributed by atoms with Crippen LogP contribution >= 0.6 is 0 Å². The summed E-state index contributed by atoms with van der Waals surface area (Å²) in [5.74, 6) is -0.526. The summed E-state index contributed by atoms with van der Waals surface area (Å²) in [6, 6.07) is 0. The molecule has 0 bridgehead atoms. The molecular weight excluding hydrogens is 432 g/mol. The molecule has 0 saturated heterocycles. The van der Waals surface area contributed by atoms with Crippen LogP contribution in [0.4, 0.5) is 0 Å². The molecule has 0 heterocycles. The monoisotopic (exact) mass is 478 g/mol. The lowest BCUT2D eigenvalue weighted by Gasteiger charge is -2.13. The van der Waals surface area contributed by atoms with Gasteiger partial charge in [0.15, 0.2) is 5.25 Å². The molecule has 0 radical (unpaired) electrons. The lowest BCUT2D eigenvalue weighted by molar-refractivity contribution is -0.150. The van der Waals surface area contributed by atoms with Crippen LogP contribution < -0.4 is 0 Å². The molecule has 1 atom stereocenters. The SMILES string of the molecule is CC(C)CCCCCCCOC(=O)CC(C(=O)OCCCCCCCC(C)C)S(=O)(=O)O. The molecule has 1 N–H and O–H groups in total. The van der Waals surface area contributed by atoms with Gasteiger partial charge in [0.25, 0.3) is 10.1 Å². The molecule has 32 heavy (non-hydrogen) atoms. The minimum absolute atomic E-state index is 0.0703. The Labute approximate surface area is 195 Å². The summed E-state index contributed by atoms with van der Waals surface area (Å²) in [6.45, 7) is 9.03. The lowest BCUT2D eigenvalue weighted by Crippen LogP contribution is -2.34. The van der Waals surface area contributed by atoms with E-state index in [-0.39, 0.29) is 13.2 Å². The minimum Gasteiger partial charge on any atom is -0.466 e. The zero-order valence-electron chi connectivity index (χ0n) is 20.6. The van der Waals surface area contributed by atoms with Gasteiger partial charge in [-0.15, -0.1) is 0 Å². The molecule has 0 spiro atoms. The zero-order valence-corrected chi connectivity index (χ0v) is 21.5. The molecule has 0 aliphatic heterocycles. The van der Waals surface area contributed by atoms with Crippen LogP contribution in [0.1, 0.15) is 111 Å². The van der Waals surface area contributed by atoms with Gasteiger partial charge < -0.3 is 9.47 Å². The Kier molecular flexibility index (Phi) is 17.6. The third kappa shape index (κ3) is 18.4. The molecule has 0 amide bonds. The molecule has 7 nitrogen and oxygen atoms in total. The summed E-state index contributed by atoms with van der Waals surface area (Å²) in [4.78, 5) is 24.0. The maximum Gasteiger partial charge on any atom is 0.327 e. The first kappa shape index (κ1) is 30.9. The standard InChI is InChI=1S/C24H46O7S/c1-20(2)15-11-7-5-9-13-17-30-23(25)19-22(32(27,28)29)24(26)31-18-14-10-6-8-12-16-21(3)4/h20-22H,5-19H2,1-4H3,(H,27,28,29). The normalized spacial score (nSPS) is 12.8. The first-order chi connectivity index (χ1) is 15.0. The summed E-state index contributed by atoms with van der Waals surface area (Å²) >= 11 is 0. The third-order valence-electron chi connectivity index (χ3n) is 5.33. The molecular formula is C24H46O7S. The molecule has 0 aliphatic rings. The molecule has 0 aromatic heterocycles. The van der Waals surface area contributed by atoms with Gasteiger partial charge in [-0.1, -0.05) is 91.9 Å². The Balaban J connectivity index is 4.07. The fourth-order valence-corrected chi connectivity index (χ4v) is 4.00. The third-order valence-corrected chi connectivity index (χ3v) is 6.41. The fraction of sp³-hybridized carbons (Fsp3) is 0.917. The van der Waals surface area contributed by atoms with Gasteiger partial charge in [0.05, 0.1) is 19.6 Å². The second kappa shape index (κ2) is 18.3. The number of ether oxygens (including phenoxy) is 2. The van der Waals surface area contributed by atoms with Crippen LogP contribution in [0.3, 0.4) is 0 Å². The Morgan fingerprint density at radius 1 is 0.688 bits per heavy atom. The second-order valence-electron chi connectivity index (χ2n) is 9.50. The predicted molar refractivity (Wildman–Crippen MR) is 127 cm³/mol. The van der Waals surface area contributed by atoms with Crippen LogP contribution in [0, 0.1) is 11.8 Å². The van der Waals surface area contributed by atoms with Crippen molar-refractivity contribution in [2.24, 2.45) is 11.8 Å². The van der Waals surface area contributed by atoms with Crippen molar-refractivity contribution < 1.29 is 32.0 Å². The predicted octanol–water partition coefficient (Wildman–Crippen LogP) is 5.71. The van der Waals surface area contributed by atoms with E-state index in [9.17, 15) is 22.6 Å². The van der Waals surface area contributed by atoms with Crippen molar-refractivity contribution in [3.8, 4) is 0 Å². The van der Waals surface area contributed by atoms with Crippen molar-refractivity contribution >= 4 is 22.1 Å². The molecule has 0 fully saturated rings. The summed E-state index contributed by atoms with van der Waals surface area (Å²) in [5.41, 5.74) is 0. The number of esters is 2. The van der Waals surface area contributed by atoms with E-state index < -0.39 is 33.7 Å². The first-order valence-corrected chi connectivity index (χ1v) is 13.8. The lowest BCUT2D eigenvalue weighted by atomic mass is 10.0. The van der Waals surface area contributed by atoms with Crippen molar-refractivity contribution in [3.05, 3.63) is 0 Å². The topological polar surface area (TPSA) is 107 Å². The number of hydrogen-bond donors (Lipinski definition) is 1. The van der Waals surface area contributed by atoms with Crippen molar-refractivity contribution in [2.45, 2.75) is 116 Å². The maximum absolute atomic E-state index is 12.1. The van der Waals surface area contributed by atoms with E-state index in [2.05, 4.69) is 27.7 Å². The highest BCUT2D eigenvalue weighted by atomic mass is 32.2. The van der Waals surface area contributed by atoms with Gasteiger partial charge >= 0.3 is 11.9 Å². The van der Waals surface area contributed by atoms with E-state index in [0.717, 1.165) is 38.5 Å². The van der Waals surface area contributed by atoms with Crippen LogP contribution in [0.5, 0.6) is 0 Å². The van der Waals surface area contributed by atoms with Crippen LogP contribution in [0.15, 0.2) is 0 Å². The van der Waals surface area contributed by atoms with Gasteiger partial charge in [-0.2, -0.15) is 8.42 Å². The average molecular weight is 479 g/mol. The van der Waals surface area contributed by atoms with Crippen molar-refractivity contribution in [1.82, 2.24) is 0 Å². The quantitative estimate of drug-likeness (QED) is 0.136. The maximum atomic E-state index is 12.1. The van der Waals surface area contributed by atoms with Gasteiger partial charge in [-0.3, -0.25) is 14.1 Å². The highest BCUT2D eigenvalue weighted by molar-refractivity contribution is 7.87. The molecule has 0 aromatic carbocycles. The van der Waals surface area contributed by atoms with Gasteiger partial charge in [-0.05, 0) is 24.7 Å². The van der Waals surface area contributed by atoms with Crippen LogP contribution in [0.2, 0.25) is 0 Å². The van der Waals surface area contributed by atoms with Gasteiger partial charge in [0.1, 0.15) is 0 Å². The number of hydrogen-bond acceptors (Lipinski definition) is 6. The highest BCUT2D eigenvalue weighted by Gasteiger charge is 2.35. The van der Waals surface area contributed by atoms with E-state index in [0.29, 0.717) is 24.7 Å². The molecule has 0 saturated carbocycles. The average Bonchev–Trinajstić information content (AvgIpc) is 2.68. The minimum atomic E-state index is -4.75. The molecule has 190 valence electrons. The smallest absolute Gasteiger partial charge is 0.327 e. The Morgan fingerprint density at radius 2 is 1.09 bits per heavy atom. The van der Waals surface area contributed by atoms with Crippen molar-refractivity contribution in [3.63, 3.8) is 0 Å². The number of carbonyl (C=O) groups excluding carboxylic acids is 2. The molecule has 0 rings (SSSR count). The molecule has 0 aliphatic carbocycles. The largest absolute Gasteiger partial charge is 0.466 e. The summed E-state index contributed by atoms with van der Waals surface area (Å²) in [7, 11) is -4.75. The van der Waals surface area contributed by atoms with E-state index >= 15 is 0 Å². The van der Waals surface area contributed by atoms with E-state index in [4.69, 9.17) is 9.47 Å². The Morgan fingerprint density at radius 3 is 1.53 bits per heavy atom. The first-order valence-electron chi connectivity index (χ1n) is 12.3. The second-order valence-corrected chi connectivity index (χ2v) is 11.1.